The maximum atomic E-state index is 11.3. The van der Waals surface area contributed by atoms with Crippen LogP contribution in [0.15, 0.2) is 23.5 Å². The van der Waals surface area contributed by atoms with E-state index in [9.17, 15) is 4.21 Å². The molecular weight excluding hydrogens is 240 g/mol. The Morgan fingerprint density at radius 1 is 1.47 bits per heavy atom. The van der Waals surface area contributed by atoms with E-state index in [1.807, 2.05) is 7.05 Å². The third kappa shape index (κ3) is 2.59. The van der Waals surface area contributed by atoms with Crippen molar-refractivity contribution in [2.75, 3.05) is 17.3 Å². The van der Waals surface area contributed by atoms with E-state index in [0.717, 1.165) is 5.69 Å². The second-order valence-electron chi connectivity index (χ2n) is 3.42. The number of nitrogens with one attached hydrogen (secondary N) is 1. The normalized spacial score (nSPS) is 12.4. The van der Waals surface area contributed by atoms with Gasteiger partial charge in [0.25, 0.3) is 0 Å². The van der Waals surface area contributed by atoms with Gasteiger partial charge in [0.15, 0.2) is 0 Å². The van der Waals surface area contributed by atoms with Gasteiger partial charge in [-0.3, -0.25) is 8.89 Å². The smallest absolute Gasteiger partial charge is 0.229 e. The van der Waals surface area contributed by atoms with Crippen LogP contribution in [-0.4, -0.2) is 30.2 Å². The molecule has 0 saturated heterocycles. The van der Waals surface area contributed by atoms with Gasteiger partial charge in [0, 0.05) is 19.5 Å². The van der Waals surface area contributed by atoms with E-state index in [-0.39, 0.29) is 5.82 Å². The molecule has 2 rings (SSSR count). The molecule has 0 saturated carbocycles. The van der Waals surface area contributed by atoms with Crippen molar-refractivity contribution < 1.29 is 4.21 Å². The van der Waals surface area contributed by atoms with E-state index in [0.29, 0.717) is 10.8 Å². The number of anilines is 3. The van der Waals surface area contributed by atoms with E-state index in [1.165, 1.54) is 12.5 Å². The van der Waals surface area contributed by atoms with Crippen LogP contribution < -0.4 is 11.1 Å². The number of aryl methyl sites for hydroxylation is 1. The van der Waals surface area contributed by atoms with Gasteiger partial charge in [0.2, 0.25) is 5.95 Å². The summed E-state index contributed by atoms with van der Waals surface area (Å²) >= 11 is 0. The van der Waals surface area contributed by atoms with Crippen LogP contribution in [0.25, 0.3) is 0 Å². The Hall–Kier alpha value is -1.96. The topological polar surface area (TPSA) is 98.7 Å². The molecule has 90 valence electrons. The molecule has 0 fully saturated rings. The molecule has 0 bridgehead atoms. The number of nitrogens with two attached hydrogens (primary N) is 1. The second kappa shape index (κ2) is 4.50. The summed E-state index contributed by atoms with van der Waals surface area (Å²) in [5, 5.41) is 6.95. The molecule has 2 aromatic rings. The predicted molar refractivity (Wildman–Crippen MR) is 65.3 cm³/mol. The van der Waals surface area contributed by atoms with Gasteiger partial charge < -0.3 is 11.1 Å². The van der Waals surface area contributed by atoms with Crippen molar-refractivity contribution in [1.82, 2.24) is 19.7 Å². The Bertz CT molecular complexity index is 566. The molecule has 0 radical (unpaired) electrons. The van der Waals surface area contributed by atoms with Crippen LogP contribution in [-0.2, 0) is 17.8 Å². The van der Waals surface area contributed by atoms with Gasteiger partial charge in [0.05, 0.1) is 33.8 Å². The summed E-state index contributed by atoms with van der Waals surface area (Å²) in [4.78, 5) is 8.49. The van der Waals surface area contributed by atoms with Gasteiger partial charge >= 0.3 is 0 Å². The largest absolute Gasteiger partial charge is 0.383 e. The molecule has 7 nitrogen and oxygen atoms in total. The van der Waals surface area contributed by atoms with Gasteiger partial charge in [-0.25, -0.2) is 4.98 Å². The summed E-state index contributed by atoms with van der Waals surface area (Å²) < 4.78 is 12.9. The van der Waals surface area contributed by atoms with Crippen LogP contribution >= 0.6 is 0 Å². The van der Waals surface area contributed by atoms with Crippen LogP contribution in [0.1, 0.15) is 0 Å². The first kappa shape index (κ1) is 11.5. The van der Waals surface area contributed by atoms with Gasteiger partial charge in [-0.2, -0.15) is 10.1 Å². The number of hydrogen-bond acceptors (Lipinski definition) is 6. The Kier molecular flexibility index (Phi) is 3.05. The fourth-order valence-electron chi connectivity index (χ4n) is 1.28. The zero-order valence-corrected chi connectivity index (χ0v) is 10.2. The van der Waals surface area contributed by atoms with Crippen molar-refractivity contribution in [2.24, 2.45) is 7.05 Å². The predicted octanol–water partition coefficient (Wildman–Crippen LogP) is 0.273. The molecule has 1 atom stereocenters. The first-order valence-corrected chi connectivity index (χ1v) is 6.33. The number of hydrogen-bond donors (Lipinski definition) is 2. The van der Waals surface area contributed by atoms with Crippen molar-refractivity contribution >= 4 is 28.3 Å². The summed E-state index contributed by atoms with van der Waals surface area (Å²) in [6.07, 6.45) is 6.41. The molecule has 8 heteroatoms. The Labute approximate surface area is 101 Å². The third-order valence-corrected chi connectivity index (χ3v) is 2.99. The minimum atomic E-state index is -1.19. The lowest BCUT2D eigenvalue weighted by Gasteiger charge is -2.04. The molecule has 0 aliphatic heterocycles. The SMILES string of the molecule is Cn1cc(Nc2ncc(S(C)=O)c(N)n2)cn1. The Morgan fingerprint density at radius 3 is 2.76 bits per heavy atom. The average Bonchev–Trinajstić information content (AvgIpc) is 2.63. The molecule has 0 spiro atoms. The lowest BCUT2D eigenvalue weighted by atomic mass is 10.5. The maximum Gasteiger partial charge on any atom is 0.229 e. The Balaban J connectivity index is 2.23. The van der Waals surface area contributed by atoms with Gasteiger partial charge in [0.1, 0.15) is 5.82 Å². The van der Waals surface area contributed by atoms with E-state index in [2.05, 4.69) is 20.4 Å². The molecule has 0 aromatic carbocycles. The summed E-state index contributed by atoms with van der Waals surface area (Å²) in [7, 11) is 0.624. The summed E-state index contributed by atoms with van der Waals surface area (Å²) in [5.41, 5.74) is 6.44. The third-order valence-electron chi connectivity index (χ3n) is 2.05. The van der Waals surface area contributed by atoms with Gasteiger partial charge in [-0.05, 0) is 0 Å². The molecule has 2 heterocycles. The fraction of sp³-hybridized carbons (Fsp3) is 0.222. The van der Waals surface area contributed by atoms with E-state index < -0.39 is 10.8 Å². The highest BCUT2D eigenvalue weighted by atomic mass is 32.2. The average molecular weight is 252 g/mol. The van der Waals surface area contributed by atoms with Crippen molar-refractivity contribution in [3.05, 3.63) is 18.6 Å². The van der Waals surface area contributed by atoms with E-state index >= 15 is 0 Å². The quantitative estimate of drug-likeness (QED) is 0.813. The lowest BCUT2D eigenvalue weighted by molar-refractivity contribution is 0.686. The highest BCUT2D eigenvalue weighted by molar-refractivity contribution is 7.84. The van der Waals surface area contributed by atoms with E-state index in [1.54, 1.807) is 17.1 Å². The second-order valence-corrected chi connectivity index (χ2v) is 4.77. The lowest BCUT2D eigenvalue weighted by Crippen LogP contribution is -2.04. The molecule has 3 N–H and O–H groups in total. The number of rotatable bonds is 3. The van der Waals surface area contributed by atoms with Crippen LogP contribution in [0.3, 0.4) is 0 Å². The molecule has 0 aliphatic carbocycles. The minimum absolute atomic E-state index is 0.215. The van der Waals surface area contributed by atoms with Gasteiger partial charge in [-0.15, -0.1) is 0 Å². The van der Waals surface area contributed by atoms with Crippen LogP contribution in [0, 0.1) is 0 Å². The number of nitrogens with zero attached hydrogens (tertiary/aromatic N) is 4. The minimum Gasteiger partial charge on any atom is -0.383 e. The zero-order valence-electron chi connectivity index (χ0n) is 9.41. The van der Waals surface area contributed by atoms with Crippen molar-refractivity contribution in [2.45, 2.75) is 4.90 Å². The first-order chi connectivity index (χ1) is 8.06. The van der Waals surface area contributed by atoms with Crippen molar-refractivity contribution in [3.63, 3.8) is 0 Å². The summed E-state index contributed by atoms with van der Waals surface area (Å²) in [6.45, 7) is 0. The van der Waals surface area contributed by atoms with Crippen LogP contribution in [0.4, 0.5) is 17.5 Å². The molecule has 0 amide bonds. The summed E-state index contributed by atoms with van der Waals surface area (Å²) in [6, 6.07) is 0. The number of nitrogen functional groups attached to an aromatic ring is 1. The Morgan fingerprint density at radius 2 is 2.24 bits per heavy atom. The van der Waals surface area contributed by atoms with Gasteiger partial charge in [-0.1, -0.05) is 0 Å². The molecule has 0 aliphatic rings. The highest BCUT2D eigenvalue weighted by Gasteiger charge is 2.07. The fourth-order valence-corrected chi connectivity index (χ4v) is 1.82. The van der Waals surface area contributed by atoms with Crippen LogP contribution in [0.5, 0.6) is 0 Å². The number of aromatic nitrogens is 4. The molecular formula is C9H12N6OS. The highest BCUT2D eigenvalue weighted by Crippen LogP contribution is 2.16. The first-order valence-electron chi connectivity index (χ1n) is 4.78. The van der Waals surface area contributed by atoms with Crippen molar-refractivity contribution in [1.29, 1.82) is 0 Å². The maximum absolute atomic E-state index is 11.3. The monoisotopic (exact) mass is 252 g/mol. The standard InChI is InChI=1S/C9H12N6OS/c1-15-5-6(3-12-15)13-9-11-4-7(17(2)16)8(10)14-9/h3-5H,1-2H3,(H3,10,11,13,14). The van der Waals surface area contributed by atoms with E-state index in [4.69, 9.17) is 5.73 Å². The molecule has 1 unspecified atom stereocenters. The molecule has 2 aromatic heterocycles. The summed E-state index contributed by atoms with van der Waals surface area (Å²) in [5.74, 6) is 0.567. The van der Waals surface area contributed by atoms with Crippen LogP contribution in [0.2, 0.25) is 0 Å². The molecule has 17 heavy (non-hydrogen) atoms. The van der Waals surface area contributed by atoms with Crippen molar-refractivity contribution in [3.8, 4) is 0 Å². The zero-order chi connectivity index (χ0) is 12.4.